The van der Waals surface area contributed by atoms with Gasteiger partial charge in [-0.15, -0.1) is 11.3 Å². The Kier molecular flexibility index (Phi) is 6.04. The van der Waals surface area contributed by atoms with Crippen LogP contribution < -0.4 is 5.32 Å². The summed E-state index contributed by atoms with van der Waals surface area (Å²) in [5, 5.41) is 14.5. The van der Waals surface area contributed by atoms with E-state index in [9.17, 15) is 23.1 Å². The molecule has 2 aromatic rings. The van der Waals surface area contributed by atoms with Gasteiger partial charge in [0.05, 0.1) is 21.2 Å². The number of hydrogen-bond acceptors (Lipinski definition) is 6. The molecule has 9 heteroatoms. The Hall–Kier alpha value is -2.39. The Bertz CT molecular complexity index is 962. The summed E-state index contributed by atoms with van der Waals surface area (Å²) in [6.45, 7) is 2.49. The summed E-state index contributed by atoms with van der Waals surface area (Å²) in [7, 11) is -3.44. The lowest BCUT2D eigenvalue weighted by atomic mass is 9.95. The summed E-state index contributed by atoms with van der Waals surface area (Å²) >= 11 is 1.39. The molecule has 7 nitrogen and oxygen atoms in total. The van der Waals surface area contributed by atoms with Gasteiger partial charge in [-0.3, -0.25) is 9.59 Å². The number of anilines is 1. The molecule has 1 aliphatic heterocycles. The molecule has 3 rings (SSSR count). The Morgan fingerprint density at radius 3 is 2.57 bits per heavy atom. The number of carbonyl (C=O) groups excluding carboxylic acids is 2. The molecule has 150 valence electrons. The van der Waals surface area contributed by atoms with E-state index in [0.717, 1.165) is 0 Å². The van der Waals surface area contributed by atoms with Gasteiger partial charge in [0.1, 0.15) is 5.75 Å². The van der Waals surface area contributed by atoms with Crippen LogP contribution in [0.4, 0.5) is 5.69 Å². The van der Waals surface area contributed by atoms with Crippen LogP contribution in [0, 0.1) is 5.92 Å². The zero-order valence-corrected chi connectivity index (χ0v) is 17.1. The highest BCUT2D eigenvalue weighted by molar-refractivity contribution is 7.91. The summed E-state index contributed by atoms with van der Waals surface area (Å²) in [4.78, 5) is 27.4. The van der Waals surface area contributed by atoms with Gasteiger partial charge in [0.2, 0.25) is 5.91 Å². The predicted molar refractivity (Wildman–Crippen MR) is 107 cm³/mol. The Morgan fingerprint density at radius 2 is 1.96 bits per heavy atom. The molecule has 0 spiro atoms. The van der Waals surface area contributed by atoms with Crippen LogP contribution >= 0.6 is 11.3 Å². The smallest absolute Gasteiger partial charge is 0.263 e. The Morgan fingerprint density at radius 1 is 1.25 bits per heavy atom. The number of nitrogens with zero attached hydrogens (tertiary/aromatic N) is 1. The van der Waals surface area contributed by atoms with E-state index in [4.69, 9.17) is 0 Å². The third-order valence-corrected chi connectivity index (χ3v) is 7.44. The largest absolute Gasteiger partial charge is 0.506 e. The third kappa shape index (κ3) is 4.36. The lowest BCUT2D eigenvalue weighted by molar-refractivity contribution is -0.121. The molecule has 1 aliphatic rings. The molecule has 0 radical (unpaired) electrons. The highest BCUT2D eigenvalue weighted by atomic mass is 32.2. The molecule has 2 N–H and O–H groups in total. The van der Waals surface area contributed by atoms with Crippen molar-refractivity contribution < 1.29 is 23.1 Å². The fraction of sp³-hybridized carbons (Fsp3) is 0.368. The molecule has 0 bridgehead atoms. The molecule has 1 saturated heterocycles. The molecule has 1 aromatic carbocycles. The number of nitrogens with one attached hydrogen (secondary N) is 1. The lowest BCUT2D eigenvalue weighted by Gasteiger charge is -2.31. The molecule has 0 atom stereocenters. The number of hydrogen-bond donors (Lipinski definition) is 2. The van der Waals surface area contributed by atoms with Gasteiger partial charge in [-0.05, 0) is 42.5 Å². The number of aromatic hydroxyl groups is 1. The number of benzene rings is 1. The molecule has 0 aliphatic carbocycles. The highest BCUT2D eigenvalue weighted by Gasteiger charge is 2.28. The zero-order chi connectivity index (χ0) is 20.3. The van der Waals surface area contributed by atoms with Gasteiger partial charge in [0.25, 0.3) is 5.91 Å². The maximum atomic E-state index is 12.6. The van der Waals surface area contributed by atoms with Crippen LogP contribution in [0.3, 0.4) is 0 Å². The van der Waals surface area contributed by atoms with Gasteiger partial charge in [-0.1, -0.05) is 13.0 Å². The van der Waals surface area contributed by atoms with Crippen molar-refractivity contribution in [1.29, 1.82) is 0 Å². The second-order valence-electron chi connectivity index (χ2n) is 6.62. The van der Waals surface area contributed by atoms with Gasteiger partial charge in [0, 0.05) is 19.0 Å². The number of piperidine rings is 1. The van der Waals surface area contributed by atoms with Crippen LogP contribution in [0.2, 0.25) is 0 Å². The molecule has 0 unspecified atom stereocenters. The van der Waals surface area contributed by atoms with Crippen LogP contribution in [-0.2, 0) is 14.6 Å². The number of carbonyl (C=O) groups is 2. The van der Waals surface area contributed by atoms with Crippen molar-refractivity contribution in [2.75, 3.05) is 24.2 Å². The molecule has 0 saturated carbocycles. The second-order valence-corrected chi connectivity index (χ2v) is 9.84. The quantitative estimate of drug-likeness (QED) is 0.721. The van der Waals surface area contributed by atoms with Gasteiger partial charge in [-0.25, -0.2) is 8.42 Å². The van der Waals surface area contributed by atoms with E-state index in [2.05, 4.69) is 5.32 Å². The van der Waals surface area contributed by atoms with E-state index in [0.29, 0.717) is 30.8 Å². The first-order valence-corrected chi connectivity index (χ1v) is 11.5. The van der Waals surface area contributed by atoms with E-state index in [1.807, 2.05) is 11.4 Å². The predicted octanol–water partition coefficient (Wildman–Crippen LogP) is 2.74. The van der Waals surface area contributed by atoms with E-state index >= 15 is 0 Å². The summed E-state index contributed by atoms with van der Waals surface area (Å²) in [5.74, 6) is -0.873. The zero-order valence-electron chi connectivity index (χ0n) is 15.4. The molecule has 2 heterocycles. The van der Waals surface area contributed by atoms with Gasteiger partial charge in [0.15, 0.2) is 9.84 Å². The summed E-state index contributed by atoms with van der Waals surface area (Å²) in [6, 6.07) is 7.48. The fourth-order valence-corrected chi connectivity index (χ4v) is 4.71. The minimum absolute atomic E-state index is 0.0241. The van der Waals surface area contributed by atoms with E-state index in [-0.39, 0.29) is 39.8 Å². The average Bonchev–Trinajstić information content (AvgIpc) is 3.24. The van der Waals surface area contributed by atoms with Crippen molar-refractivity contribution in [2.24, 2.45) is 5.92 Å². The first-order chi connectivity index (χ1) is 13.3. The molecule has 28 heavy (non-hydrogen) atoms. The van der Waals surface area contributed by atoms with Crippen LogP contribution in [-0.4, -0.2) is 49.1 Å². The van der Waals surface area contributed by atoms with Crippen molar-refractivity contribution in [3.8, 4) is 5.75 Å². The molecule has 1 fully saturated rings. The van der Waals surface area contributed by atoms with Crippen molar-refractivity contribution in [2.45, 2.75) is 24.7 Å². The molecule has 2 amide bonds. The summed E-state index contributed by atoms with van der Waals surface area (Å²) in [5.41, 5.74) is 0.0802. The maximum absolute atomic E-state index is 12.6. The first-order valence-electron chi connectivity index (χ1n) is 9.01. The molecular formula is C19H22N2O5S2. The number of phenolic OH excluding ortho intramolecular Hbond substituents is 1. The number of amides is 2. The standard InChI is InChI=1S/C19H22N2O5S2/c1-2-28(25,26)14-5-6-16(22)15(12-14)20-18(23)13-7-9-21(10-8-13)19(24)17-4-3-11-27-17/h3-6,11-13,22H,2,7-10H2,1H3,(H,20,23). The summed E-state index contributed by atoms with van der Waals surface area (Å²) < 4.78 is 24.0. The van der Waals surface area contributed by atoms with Gasteiger partial charge < -0.3 is 15.3 Å². The number of rotatable bonds is 5. The van der Waals surface area contributed by atoms with Crippen molar-refractivity contribution in [1.82, 2.24) is 4.90 Å². The lowest BCUT2D eigenvalue weighted by Crippen LogP contribution is -2.41. The Labute approximate surface area is 167 Å². The minimum Gasteiger partial charge on any atom is -0.506 e. The second kappa shape index (κ2) is 8.32. The van der Waals surface area contributed by atoms with Gasteiger partial charge >= 0.3 is 0 Å². The minimum atomic E-state index is -3.44. The average molecular weight is 423 g/mol. The summed E-state index contributed by atoms with van der Waals surface area (Å²) in [6.07, 6.45) is 1.02. The molecular weight excluding hydrogens is 400 g/mol. The van der Waals surface area contributed by atoms with Crippen molar-refractivity contribution >= 4 is 38.7 Å². The van der Waals surface area contributed by atoms with E-state index in [1.165, 1.54) is 36.5 Å². The van der Waals surface area contributed by atoms with Crippen LogP contribution in [0.15, 0.2) is 40.6 Å². The molecule has 1 aromatic heterocycles. The SMILES string of the molecule is CCS(=O)(=O)c1ccc(O)c(NC(=O)C2CCN(C(=O)c3cccs3)CC2)c1. The fourth-order valence-electron chi connectivity index (χ4n) is 3.11. The van der Waals surface area contributed by atoms with Crippen LogP contribution in [0.25, 0.3) is 0 Å². The number of sulfone groups is 1. The highest BCUT2D eigenvalue weighted by Crippen LogP contribution is 2.29. The van der Waals surface area contributed by atoms with E-state index in [1.54, 1.807) is 11.0 Å². The monoisotopic (exact) mass is 422 g/mol. The van der Waals surface area contributed by atoms with E-state index < -0.39 is 9.84 Å². The third-order valence-electron chi connectivity index (χ3n) is 4.85. The normalized spacial score (nSPS) is 15.4. The maximum Gasteiger partial charge on any atom is 0.263 e. The number of phenols is 1. The topological polar surface area (TPSA) is 104 Å². The van der Waals surface area contributed by atoms with Crippen LogP contribution in [0.5, 0.6) is 5.75 Å². The number of likely N-dealkylation sites (tertiary alicyclic amines) is 1. The first kappa shape index (κ1) is 20.3. The van der Waals surface area contributed by atoms with Crippen molar-refractivity contribution in [3.05, 3.63) is 40.6 Å². The van der Waals surface area contributed by atoms with Crippen molar-refractivity contribution in [3.63, 3.8) is 0 Å². The Balaban J connectivity index is 1.63. The van der Waals surface area contributed by atoms with Crippen LogP contribution in [0.1, 0.15) is 29.4 Å². The van der Waals surface area contributed by atoms with Gasteiger partial charge in [-0.2, -0.15) is 0 Å². The number of thiophene rings is 1.